The molecule has 0 aliphatic rings. The normalized spacial score (nSPS) is 12.4. The Balaban J connectivity index is 2.17. The molecular weight excluding hydrogens is 290 g/mol. The Bertz CT molecular complexity index is 614. The van der Waals surface area contributed by atoms with E-state index in [1.807, 2.05) is 31.2 Å². The number of hydrogen-bond donors (Lipinski definition) is 2. The van der Waals surface area contributed by atoms with Crippen LogP contribution in [0.3, 0.4) is 0 Å². The van der Waals surface area contributed by atoms with Crippen molar-refractivity contribution < 1.29 is 8.78 Å². The third-order valence-corrected chi connectivity index (χ3v) is 4.41. The van der Waals surface area contributed by atoms with E-state index >= 15 is 0 Å². The first-order valence-electron chi connectivity index (χ1n) is 6.63. The minimum Gasteiger partial charge on any atom is -0.271 e. The van der Waals surface area contributed by atoms with Crippen molar-refractivity contribution in [1.82, 2.24) is 5.43 Å². The highest BCUT2D eigenvalue weighted by molar-refractivity contribution is 7.99. The van der Waals surface area contributed by atoms with Gasteiger partial charge in [-0.25, -0.2) is 8.78 Å². The number of halogens is 2. The Labute approximate surface area is 127 Å². The van der Waals surface area contributed by atoms with E-state index < -0.39 is 17.7 Å². The Morgan fingerprint density at radius 1 is 1.10 bits per heavy atom. The second-order valence-electron chi connectivity index (χ2n) is 4.94. The molecule has 1 atom stereocenters. The summed E-state index contributed by atoms with van der Waals surface area (Å²) in [5, 5.41) is 0. The molecule has 2 aromatic rings. The topological polar surface area (TPSA) is 38.0 Å². The van der Waals surface area contributed by atoms with Crippen LogP contribution in [0.5, 0.6) is 0 Å². The Hall–Kier alpha value is -1.43. The molecule has 0 aliphatic heterocycles. The number of nitrogens with two attached hydrogens (primary N) is 1. The van der Waals surface area contributed by atoms with Crippen LogP contribution in [0.4, 0.5) is 8.78 Å². The molecule has 0 aliphatic carbocycles. The van der Waals surface area contributed by atoms with Gasteiger partial charge < -0.3 is 0 Å². The van der Waals surface area contributed by atoms with Gasteiger partial charge in [0.05, 0.1) is 6.04 Å². The van der Waals surface area contributed by atoms with Crippen LogP contribution >= 0.6 is 11.8 Å². The molecule has 0 saturated heterocycles. The van der Waals surface area contributed by atoms with Gasteiger partial charge >= 0.3 is 0 Å². The molecule has 3 N–H and O–H groups in total. The van der Waals surface area contributed by atoms with Gasteiger partial charge in [-0.1, -0.05) is 23.8 Å². The maximum Gasteiger partial charge on any atom is 0.133 e. The summed E-state index contributed by atoms with van der Waals surface area (Å²) in [5.41, 5.74) is 4.08. The van der Waals surface area contributed by atoms with Crippen LogP contribution in [0.15, 0.2) is 41.3 Å². The quantitative estimate of drug-likeness (QED) is 0.500. The van der Waals surface area contributed by atoms with Crippen molar-refractivity contribution >= 4 is 11.8 Å². The molecule has 0 fully saturated rings. The van der Waals surface area contributed by atoms with Crippen molar-refractivity contribution in [2.75, 3.05) is 5.75 Å². The van der Waals surface area contributed by atoms with E-state index in [1.165, 1.54) is 29.5 Å². The average Bonchev–Trinajstić information content (AvgIpc) is 2.48. The van der Waals surface area contributed by atoms with E-state index in [0.717, 1.165) is 4.90 Å². The summed E-state index contributed by atoms with van der Waals surface area (Å²) in [5.74, 6) is 4.81. The van der Waals surface area contributed by atoms with Gasteiger partial charge in [-0.3, -0.25) is 11.3 Å². The predicted molar refractivity (Wildman–Crippen MR) is 83.1 cm³/mol. The van der Waals surface area contributed by atoms with E-state index in [4.69, 9.17) is 5.84 Å². The molecule has 112 valence electrons. The minimum absolute atomic E-state index is 0.00267. The zero-order valence-corrected chi connectivity index (χ0v) is 12.8. The summed E-state index contributed by atoms with van der Waals surface area (Å²) >= 11 is 1.50. The zero-order valence-electron chi connectivity index (χ0n) is 12.0. The van der Waals surface area contributed by atoms with Crippen LogP contribution in [-0.4, -0.2) is 5.75 Å². The van der Waals surface area contributed by atoms with Gasteiger partial charge in [0.2, 0.25) is 0 Å². The highest BCUT2D eigenvalue weighted by Crippen LogP contribution is 2.28. The summed E-state index contributed by atoms with van der Waals surface area (Å²) in [6, 6.07) is 10.1. The predicted octanol–water partition coefficient (Wildman–Crippen LogP) is 3.88. The van der Waals surface area contributed by atoms with Crippen LogP contribution in [0.25, 0.3) is 0 Å². The number of thioether (sulfide) groups is 1. The maximum atomic E-state index is 14.1. The van der Waals surface area contributed by atoms with E-state index in [-0.39, 0.29) is 5.56 Å². The van der Waals surface area contributed by atoms with Gasteiger partial charge in [0.25, 0.3) is 0 Å². The SMILES string of the molecule is Cc1ccc(SCC(NN)c2c(F)ccc(C)c2F)cc1. The third kappa shape index (κ3) is 3.81. The number of aryl methyl sites for hydroxylation is 2. The number of hydrogen-bond acceptors (Lipinski definition) is 3. The van der Waals surface area contributed by atoms with Crippen LogP contribution in [0.2, 0.25) is 0 Å². The largest absolute Gasteiger partial charge is 0.271 e. The summed E-state index contributed by atoms with van der Waals surface area (Å²) in [4.78, 5) is 1.04. The summed E-state index contributed by atoms with van der Waals surface area (Å²) in [6.07, 6.45) is 0. The number of hydrazine groups is 1. The second-order valence-corrected chi connectivity index (χ2v) is 6.03. The van der Waals surface area contributed by atoms with Crippen molar-refractivity contribution in [1.29, 1.82) is 0 Å². The highest BCUT2D eigenvalue weighted by Gasteiger charge is 2.20. The van der Waals surface area contributed by atoms with E-state index in [9.17, 15) is 8.78 Å². The molecule has 21 heavy (non-hydrogen) atoms. The first-order valence-corrected chi connectivity index (χ1v) is 7.61. The molecule has 0 radical (unpaired) electrons. The highest BCUT2D eigenvalue weighted by atomic mass is 32.2. The smallest absolute Gasteiger partial charge is 0.133 e. The van der Waals surface area contributed by atoms with Gasteiger partial charge in [0.1, 0.15) is 11.6 Å². The summed E-state index contributed by atoms with van der Waals surface area (Å²) in [7, 11) is 0. The van der Waals surface area contributed by atoms with Gasteiger partial charge in [0.15, 0.2) is 0 Å². The summed E-state index contributed by atoms with van der Waals surface area (Å²) in [6.45, 7) is 3.62. The first-order chi connectivity index (χ1) is 10.0. The lowest BCUT2D eigenvalue weighted by Gasteiger charge is -2.18. The fourth-order valence-corrected chi connectivity index (χ4v) is 2.98. The monoisotopic (exact) mass is 308 g/mol. The first kappa shape index (κ1) is 15.9. The number of rotatable bonds is 5. The zero-order chi connectivity index (χ0) is 15.4. The molecule has 0 saturated carbocycles. The molecule has 2 aromatic carbocycles. The third-order valence-electron chi connectivity index (χ3n) is 3.31. The number of benzene rings is 2. The molecule has 0 aromatic heterocycles. The van der Waals surface area contributed by atoms with Crippen molar-refractivity contribution in [3.05, 3.63) is 64.7 Å². The van der Waals surface area contributed by atoms with Gasteiger partial charge in [0, 0.05) is 16.2 Å². The molecule has 0 amide bonds. The Morgan fingerprint density at radius 2 is 1.76 bits per heavy atom. The molecule has 2 rings (SSSR count). The van der Waals surface area contributed by atoms with Crippen molar-refractivity contribution in [3.8, 4) is 0 Å². The molecule has 1 unspecified atom stereocenters. The number of nitrogens with one attached hydrogen (secondary N) is 1. The standard InChI is InChI=1S/C16H18F2N2S/c1-10-3-6-12(7-4-10)21-9-14(20-19)15-13(17)8-5-11(2)16(15)18/h3-8,14,20H,9,19H2,1-2H3. The lowest BCUT2D eigenvalue weighted by molar-refractivity contribution is 0.496. The van der Waals surface area contributed by atoms with Crippen LogP contribution in [0.1, 0.15) is 22.7 Å². The Kier molecular flexibility index (Phi) is 5.33. The van der Waals surface area contributed by atoms with Gasteiger partial charge in [-0.2, -0.15) is 0 Å². The van der Waals surface area contributed by atoms with Crippen molar-refractivity contribution in [3.63, 3.8) is 0 Å². The van der Waals surface area contributed by atoms with E-state index in [2.05, 4.69) is 5.43 Å². The van der Waals surface area contributed by atoms with Crippen molar-refractivity contribution in [2.45, 2.75) is 24.8 Å². The van der Waals surface area contributed by atoms with Crippen LogP contribution < -0.4 is 11.3 Å². The fraction of sp³-hybridized carbons (Fsp3) is 0.250. The maximum absolute atomic E-state index is 14.1. The van der Waals surface area contributed by atoms with Gasteiger partial charge in [-0.15, -0.1) is 11.8 Å². The lowest BCUT2D eigenvalue weighted by Crippen LogP contribution is -2.31. The fourth-order valence-electron chi connectivity index (χ4n) is 2.03. The molecule has 0 bridgehead atoms. The molecule has 2 nitrogen and oxygen atoms in total. The minimum atomic E-state index is -0.587. The lowest BCUT2D eigenvalue weighted by atomic mass is 10.0. The second kappa shape index (κ2) is 7.02. The molecule has 0 heterocycles. The molecular formula is C16H18F2N2S. The van der Waals surface area contributed by atoms with Crippen LogP contribution in [-0.2, 0) is 0 Å². The van der Waals surface area contributed by atoms with E-state index in [1.54, 1.807) is 6.92 Å². The van der Waals surface area contributed by atoms with Crippen LogP contribution in [0, 0.1) is 25.5 Å². The molecule has 0 spiro atoms. The summed E-state index contributed by atoms with van der Waals surface area (Å²) < 4.78 is 28.0. The Morgan fingerprint density at radius 3 is 2.38 bits per heavy atom. The van der Waals surface area contributed by atoms with E-state index in [0.29, 0.717) is 11.3 Å². The molecule has 5 heteroatoms. The van der Waals surface area contributed by atoms with Crippen molar-refractivity contribution in [2.24, 2.45) is 5.84 Å². The van der Waals surface area contributed by atoms with Gasteiger partial charge in [-0.05, 0) is 37.6 Å². The average molecular weight is 308 g/mol.